The molecule has 0 aliphatic carbocycles. The van der Waals surface area contributed by atoms with Gasteiger partial charge in [0.25, 0.3) is 5.91 Å². The number of anilines is 1. The quantitative estimate of drug-likeness (QED) is 0.561. The van der Waals surface area contributed by atoms with Crippen LogP contribution in [0.25, 0.3) is 10.4 Å². The maximum Gasteiger partial charge on any atom is 0.350 e. The summed E-state index contributed by atoms with van der Waals surface area (Å²) in [6.45, 7) is 3.17. The van der Waals surface area contributed by atoms with Gasteiger partial charge >= 0.3 is 5.97 Å². The lowest BCUT2D eigenvalue weighted by Crippen LogP contribution is -2.17. The van der Waals surface area contributed by atoms with Crippen molar-refractivity contribution in [2.45, 2.75) is 24.0 Å². The van der Waals surface area contributed by atoms with E-state index in [2.05, 4.69) is 5.32 Å². The number of carbonyl (C=O) groups excluding carboxylic acids is 2. The Morgan fingerprint density at radius 2 is 1.70 bits per heavy atom. The van der Waals surface area contributed by atoms with Crippen LogP contribution in [0.2, 0.25) is 0 Å². The molecule has 0 bridgehead atoms. The minimum atomic E-state index is -3.52. The van der Waals surface area contributed by atoms with Gasteiger partial charge in [-0.2, -0.15) is 0 Å². The Bertz CT molecular complexity index is 1180. The highest BCUT2D eigenvalue weighted by molar-refractivity contribution is 7.92. The van der Waals surface area contributed by atoms with Gasteiger partial charge in [0.2, 0.25) is 0 Å². The molecule has 1 aromatic heterocycles. The highest BCUT2D eigenvalue weighted by Crippen LogP contribution is 2.35. The predicted octanol–water partition coefficient (Wildman–Crippen LogP) is 4.64. The molecular weight excluding hydrogens is 422 g/mol. The zero-order valence-electron chi connectivity index (χ0n) is 16.7. The van der Waals surface area contributed by atoms with Crippen LogP contribution in [0.15, 0.2) is 65.6 Å². The van der Waals surface area contributed by atoms with Crippen LogP contribution >= 0.6 is 11.3 Å². The number of sulfone groups is 1. The van der Waals surface area contributed by atoms with Crippen LogP contribution in [-0.4, -0.2) is 32.7 Å². The van der Waals surface area contributed by atoms with Gasteiger partial charge in [0.15, 0.2) is 9.84 Å². The zero-order valence-corrected chi connectivity index (χ0v) is 18.3. The van der Waals surface area contributed by atoms with Gasteiger partial charge in [0, 0.05) is 10.4 Å². The molecule has 0 aliphatic rings. The molecule has 8 heteroatoms. The van der Waals surface area contributed by atoms with Crippen LogP contribution < -0.4 is 5.32 Å². The van der Waals surface area contributed by atoms with Gasteiger partial charge in [0.1, 0.15) is 4.88 Å². The summed E-state index contributed by atoms with van der Waals surface area (Å²) in [5, 5.41) is 2.11. The minimum Gasteiger partial charge on any atom is -0.465 e. The molecule has 0 unspecified atom stereocenters. The van der Waals surface area contributed by atoms with E-state index in [4.69, 9.17) is 4.74 Å². The summed E-state index contributed by atoms with van der Waals surface area (Å²) in [5.74, 6) is -1.08. The SMILES string of the molecule is COC(=O)c1sc(-c2ccccc2)cc1NC(=O)c1cccc(S(=O)(=O)C(C)C)c1. The Morgan fingerprint density at radius 3 is 2.33 bits per heavy atom. The van der Waals surface area contributed by atoms with Crippen LogP contribution in [0, 0.1) is 0 Å². The average Bonchev–Trinajstić information content (AvgIpc) is 3.17. The molecule has 1 N–H and O–H groups in total. The Hall–Kier alpha value is -2.97. The molecule has 1 amide bonds. The van der Waals surface area contributed by atoms with E-state index in [0.717, 1.165) is 10.4 Å². The number of ether oxygens (including phenoxy) is 1. The number of carbonyl (C=O) groups is 2. The summed E-state index contributed by atoms with van der Waals surface area (Å²) < 4.78 is 29.7. The van der Waals surface area contributed by atoms with E-state index in [1.807, 2.05) is 30.3 Å². The first kappa shape index (κ1) is 21.7. The molecule has 2 aromatic carbocycles. The highest BCUT2D eigenvalue weighted by Gasteiger charge is 2.22. The maximum absolute atomic E-state index is 12.8. The third-order valence-electron chi connectivity index (χ3n) is 4.45. The molecule has 0 saturated carbocycles. The number of nitrogens with one attached hydrogen (secondary N) is 1. The van der Waals surface area contributed by atoms with Crippen molar-refractivity contribution in [2.75, 3.05) is 12.4 Å². The van der Waals surface area contributed by atoms with Crippen molar-refractivity contribution in [2.24, 2.45) is 0 Å². The Morgan fingerprint density at radius 1 is 1.00 bits per heavy atom. The number of methoxy groups -OCH3 is 1. The number of thiophene rings is 1. The van der Waals surface area contributed by atoms with E-state index in [9.17, 15) is 18.0 Å². The monoisotopic (exact) mass is 443 g/mol. The summed E-state index contributed by atoms with van der Waals surface area (Å²) in [4.78, 5) is 26.2. The normalized spacial score (nSPS) is 11.3. The van der Waals surface area contributed by atoms with Crippen LogP contribution in [0.1, 0.15) is 33.9 Å². The number of esters is 1. The molecule has 0 atom stereocenters. The number of hydrogen-bond donors (Lipinski definition) is 1. The van der Waals surface area contributed by atoms with Crippen molar-refractivity contribution < 1.29 is 22.7 Å². The molecule has 0 radical (unpaired) electrons. The molecule has 6 nitrogen and oxygen atoms in total. The van der Waals surface area contributed by atoms with E-state index >= 15 is 0 Å². The van der Waals surface area contributed by atoms with Crippen LogP contribution in [0.4, 0.5) is 5.69 Å². The second-order valence-electron chi connectivity index (χ2n) is 6.79. The lowest BCUT2D eigenvalue weighted by Gasteiger charge is -2.10. The van der Waals surface area contributed by atoms with Gasteiger partial charge in [-0.25, -0.2) is 13.2 Å². The summed E-state index contributed by atoms with van der Waals surface area (Å²) in [6.07, 6.45) is 0. The van der Waals surface area contributed by atoms with Crippen LogP contribution in [0.5, 0.6) is 0 Å². The summed E-state index contributed by atoms with van der Waals surface area (Å²) >= 11 is 1.21. The van der Waals surface area contributed by atoms with Crippen molar-refractivity contribution in [1.82, 2.24) is 0 Å². The fourth-order valence-electron chi connectivity index (χ4n) is 2.75. The minimum absolute atomic E-state index is 0.0774. The van der Waals surface area contributed by atoms with Crippen molar-refractivity contribution in [3.05, 3.63) is 71.1 Å². The number of hydrogen-bond acceptors (Lipinski definition) is 6. The molecule has 30 heavy (non-hydrogen) atoms. The third kappa shape index (κ3) is 4.44. The molecule has 3 aromatic rings. The predicted molar refractivity (Wildman–Crippen MR) is 118 cm³/mol. The van der Waals surface area contributed by atoms with Crippen molar-refractivity contribution in [3.63, 3.8) is 0 Å². The molecule has 3 rings (SSSR count). The van der Waals surface area contributed by atoms with Crippen LogP contribution in [-0.2, 0) is 14.6 Å². The number of rotatable bonds is 6. The molecular formula is C22H21NO5S2. The lowest BCUT2D eigenvalue weighted by molar-refractivity contribution is 0.0607. The first-order valence-corrected chi connectivity index (χ1v) is 11.5. The van der Waals surface area contributed by atoms with Gasteiger partial charge < -0.3 is 10.1 Å². The van der Waals surface area contributed by atoms with Crippen molar-refractivity contribution in [1.29, 1.82) is 0 Å². The molecule has 0 aliphatic heterocycles. The largest absolute Gasteiger partial charge is 0.465 e. The number of amides is 1. The summed E-state index contributed by atoms with van der Waals surface area (Å²) in [6, 6.07) is 17.0. The van der Waals surface area contributed by atoms with Crippen molar-refractivity contribution >= 4 is 38.7 Å². The Labute approximate surface area is 179 Å². The summed E-state index contributed by atoms with van der Waals surface area (Å²) in [5.41, 5.74) is 1.39. The first-order chi connectivity index (χ1) is 14.2. The van der Waals surface area contributed by atoms with E-state index in [1.54, 1.807) is 19.9 Å². The van der Waals surface area contributed by atoms with Gasteiger partial charge in [-0.15, -0.1) is 11.3 Å². The summed E-state index contributed by atoms with van der Waals surface area (Å²) in [7, 11) is -2.24. The molecule has 1 heterocycles. The van der Waals surface area contributed by atoms with E-state index < -0.39 is 27.0 Å². The fraction of sp³-hybridized carbons (Fsp3) is 0.182. The standard InChI is InChI=1S/C22H21NO5S2/c1-14(2)30(26,27)17-11-7-10-16(12-17)21(24)23-18-13-19(15-8-5-4-6-9-15)29-20(18)22(25)28-3/h4-14H,1-3H3,(H,23,24). The van der Waals surface area contributed by atoms with Gasteiger partial charge in [-0.3, -0.25) is 4.79 Å². The second-order valence-corrected chi connectivity index (χ2v) is 10.3. The smallest absolute Gasteiger partial charge is 0.350 e. The molecule has 0 saturated heterocycles. The number of benzene rings is 2. The molecule has 0 spiro atoms. The fourth-order valence-corrected chi connectivity index (χ4v) is 4.89. The van der Waals surface area contributed by atoms with E-state index in [0.29, 0.717) is 5.69 Å². The van der Waals surface area contributed by atoms with Gasteiger partial charge in [-0.1, -0.05) is 36.4 Å². The van der Waals surface area contributed by atoms with Crippen molar-refractivity contribution in [3.8, 4) is 10.4 Å². The highest BCUT2D eigenvalue weighted by atomic mass is 32.2. The average molecular weight is 444 g/mol. The van der Waals surface area contributed by atoms with Crippen LogP contribution in [0.3, 0.4) is 0 Å². The maximum atomic E-state index is 12.8. The van der Waals surface area contributed by atoms with E-state index in [1.165, 1.54) is 42.7 Å². The third-order valence-corrected chi connectivity index (χ3v) is 7.77. The zero-order chi connectivity index (χ0) is 21.9. The molecule has 156 valence electrons. The van der Waals surface area contributed by atoms with E-state index in [-0.39, 0.29) is 15.3 Å². The lowest BCUT2D eigenvalue weighted by atomic mass is 10.2. The Balaban J connectivity index is 1.95. The Kier molecular flexibility index (Phi) is 6.38. The van der Waals surface area contributed by atoms with Gasteiger partial charge in [-0.05, 0) is 43.7 Å². The van der Waals surface area contributed by atoms with Gasteiger partial charge in [0.05, 0.1) is 22.9 Å². The topological polar surface area (TPSA) is 89.5 Å². The molecule has 0 fully saturated rings. The second kappa shape index (κ2) is 8.81. The first-order valence-electron chi connectivity index (χ1n) is 9.17.